The summed E-state index contributed by atoms with van der Waals surface area (Å²) < 4.78 is 5.24. The van der Waals surface area contributed by atoms with Crippen LogP contribution in [0.15, 0.2) is 54.6 Å². The maximum atomic E-state index is 6.17. The number of methoxy groups -OCH3 is 1. The highest BCUT2D eigenvalue weighted by molar-refractivity contribution is 6.13. The fourth-order valence-corrected chi connectivity index (χ4v) is 3.13. The first-order valence-electron chi connectivity index (χ1n) is 7.62. The number of anilines is 1. The molecule has 0 aliphatic carbocycles. The number of aromatic amines is 1. The third-order valence-electron chi connectivity index (χ3n) is 4.29. The van der Waals surface area contributed by atoms with E-state index in [1.807, 2.05) is 24.3 Å². The number of aromatic nitrogens is 1. The molecule has 1 aromatic heterocycles. The average Bonchev–Trinajstić information content (AvgIpc) is 2.92. The maximum absolute atomic E-state index is 6.17. The van der Waals surface area contributed by atoms with E-state index in [1.54, 1.807) is 7.11 Å². The number of rotatable bonds is 2. The Morgan fingerprint density at radius 1 is 0.913 bits per heavy atom. The van der Waals surface area contributed by atoms with E-state index in [0.717, 1.165) is 39.0 Å². The number of hydrogen-bond donors (Lipinski definition) is 2. The molecule has 0 atom stereocenters. The highest BCUT2D eigenvalue weighted by Crippen LogP contribution is 2.36. The van der Waals surface area contributed by atoms with Crippen molar-refractivity contribution in [2.75, 3.05) is 12.8 Å². The molecule has 1 heterocycles. The maximum Gasteiger partial charge on any atom is 0.118 e. The van der Waals surface area contributed by atoms with Crippen LogP contribution in [-0.2, 0) is 0 Å². The summed E-state index contributed by atoms with van der Waals surface area (Å²) in [5, 5.41) is 2.37. The first-order chi connectivity index (χ1) is 11.2. The zero-order valence-electron chi connectivity index (χ0n) is 13.2. The molecule has 4 aromatic rings. The predicted molar refractivity (Wildman–Crippen MR) is 96.9 cm³/mol. The van der Waals surface area contributed by atoms with Gasteiger partial charge in [-0.25, -0.2) is 0 Å². The van der Waals surface area contributed by atoms with E-state index >= 15 is 0 Å². The molecule has 0 fully saturated rings. The van der Waals surface area contributed by atoms with Crippen molar-refractivity contribution >= 4 is 27.5 Å². The van der Waals surface area contributed by atoms with Gasteiger partial charge in [0.2, 0.25) is 0 Å². The Morgan fingerprint density at radius 3 is 2.43 bits per heavy atom. The summed E-state index contributed by atoms with van der Waals surface area (Å²) in [6.45, 7) is 2.11. The summed E-state index contributed by atoms with van der Waals surface area (Å²) in [6.07, 6.45) is 0. The Morgan fingerprint density at radius 2 is 1.70 bits per heavy atom. The van der Waals surface area contributed by atoms with Crippen LogP contribution in [0.5, 0.6) is 5.75 Å². The first kappa shape index (κ1) is 13.7. The van der Waals surface area contributed by atoms with Crippen molar-refractivity contribution in [3.8, 4) is 16.9 Å². The summed E-state index contributed by atoms with van der Waals surface area (Å²) >= 11 is 0. The van der Waals surface area contributed by atoms with E-state index in [2.05, 4.69) is 42.2 Å². The van der Waals surface area contributed by atoms with Gasteiger partial charge in [-0.1, -0.05) is 23.8 Å². The van der Waals surface area contributed by atoms with Gasteiger partial charge < -0.3 is 15.5 Å². The minimum absolute atomic E-state index is 0.769. The summed E-state index contributed by atoms with van der Waals surface area (Å²) in [5.74, 6) is 0.848. The van der Waals surface area contributed by atoms with Gasteiger partial charge >= 0.3 is 0 Å². The number of nitrogen functional groups attached to an aromatic ring is 1. The van der Waals surface area contributed by atoms with Crippen LogP contribution in [0.3, 0.4) is 0 Å². The lowest BCUT2D eigenvalue weighted by molar-refractivity contribution is 0.415. The average molecular weight is 302 g/mol. The number of benzene rings is 3. The topological polar surface area (TPSA) is 51.0 Å². The molecule has 114 valence electrons. The zero-order valence-corrected chi connectivity index (χ0v) is 13.2. The number of ether oxygens (including phenoxy) is 1. The van der Waals surface area contributed by atoms with Gasteiger partial charge in [0.15, 0.2) is 0 Å². The molecule has 3 heteroatoms. The number of aryl methyl sites for hydroxylation is 1. The van der Waals surface area contributed by atoms with Gasteiger partial charge in [-0.3, -0.25) is 0 Å². The summed E-state index contributed by atoms with van der Waals surface area (Å²) in [5.41, 5.74) is 12.7. The van der Waals surface area contributed by atoms with Crippen molar-refractivity contribution in [2.45, 2.75) is 6.92 Å². The largest absolute Gasteiger partial charge is 0.497 e. The van der Waals surface area contributed by atoms with Gasteiger partial charge in [-0.2, -0.15) is 0 Å². The van der Waals surface area contributed by atoms with Crippen molar-refractivity contribution < 1.29 is 4.74 Å². The molecular weight excluding hydrogens is 284 g/mol. The van der Waals surface area contributed by atoms with Crippen LogP contribution >= 0.6 is 0 Å². The van der Waals surface area contributed by atoms with E-state index in [-0.39, 0.29) is 0 Å². The third kappa shape index (κ3) is 2.21. The van der Waals surface area contributed by atoms with Gasteiger partial charge in [0.05, 0.1) is 12.6 Å². The zero-order chi connectivity index (χ0) is 16.0. The highest BCUT2D eigenvalue weighted by Gasteiger charge is 2.11. The second-order valence-corrected chi connectivity index (χ2v) is 5.89. The Labute approximate surface area is 134 Å². The van der Waals surface area contributed by atoms with Gasteiger partial charge in [0, 0.05) is 27.5 Å². The van der Waals surface area contributed by atoms with Gasteiger partial charge in [0.1, 0.15) is 5.75 Å². The molecule has 0 saturated carbocycles. The van der Waals surface area contributed by atoms with Gasteiger partial charge in [-0.05, 0) is 48.9 Å². The van der Waals surface area contributed by atoms with E-state index in [4.69, 9.17) is 10.5 Å². The Kier molecular flexibility index (Phi) is 3.01. The fourth-order valence-electron chi connectivity index (χ4n) is 3.13. The summed E-state index contributed by atoms with van der Waals surface area (Å²) in [6, 6.07) is 18.6. The molecule has 0 spiro atoms. The lowest BCUT2D eigenvalue weighted by Crippen LogP contribution is -1.88. The molecule has 0 aliphatic heterocycles. The van der Waals surface area contributed by atoms with Crippen LogP contribution in [0.25, 0.3) is 32.9 Å². The molecular formula is C20H18N2O. The lowest BCUT2D eigenvalue weighted by Gasteiger charge is -2.07. The molecule has 3 N–H and O–H groups in total. The smallest absolute Gasteiger partial charge is 0.118 e. The van der Waals surface area contributed by atoms with Gasteiger partial charge in [-0.15, -0.1) is 0 Å². The number of fused-ring (bicyclic) bond motifs is 3. The Hall–Kier alpha value is -2.94. The fraction of sp³-hybridized carbons (Fsp3) is 0.100. The summed E-state index contributed by atoms with van der Waals surface area (Å²) in [7, 11) is 1.67. The van der Waals surface area contributed by atoms with Crippen LogP contribution < -0.4 is 10.5 Å². The number of nitrogens with two attached hydrogens (primary N) is 1. The monoisotopic (exact) mass is 302 g/mol. The Bertz CT molecular complexity index is 1010. The second kappa shape index (κ2) is 5.06. The molecule has 0 saturated heterocycles. The molecule has 0 radical (unpaired) electrons. The van der Waals surface area contributed by atoms with Crippen molar-refractivity contribution in [3.05, 3.63) is 60.2 Å². The predicted octanol–water partition coefficient (Wildman–Crippen LogP) is 4.89. The number of nitrogens with one attached hydrogen (secondary N) is 1. The van der Waals surface area contributed by atoms with Crippen LogP contribution in [-0.4, -0.2) is 12.1 Å². The van der Waals surface area contributed by atoms with E-state index < -0.39 is 0 Å². The molecule has 23 heavy (non-hydrogen) atoms. The molecule has 0 unspecified atom stereocenters. The molecule has 3 nitrogen and oxygen atoms in total. The molecule has 0 amide bonds. The van der Waals surface area contributed by atoms with Crippen LogP contribution in [0.1, 0.15) is 5.56 Å². The molecule has 3 aromatic carbocycles. The standard InChI is InChI=1S/C20H18N2O/c1-12-3-8-19-17(9-12)18-11-14(21)10-16(20(18)22-19)13-4-6-15(23-2)7-5-13/h3-11,22H,21H2,1-2H3. The quantitative estimate of drug-likeness (QED) is 0.518. The first-order valence-corrected chi connectivity index (χ1v) is 7.62. The normalized spacial score (nSPS) is 11.2. The molecule has 4 rings (SSSR count). The van der Waals surface area contributed by atoms with E-state index in [9.17, 15) is 0 Å². The van der Waals surface area contributed by atoms with Crippen molar-refractivity contribution in [1.82, 2.24) is 4.98 Å². The SMILES string of the molecule is COc1ccc(-c2cc(N)cc3c2[nH]c2ccc(C)cc23)cc1. The number of H-pyrrole nitrogens is 1. The highest BCUT2D eigenvalue weighted by atomic mass is 16.5. The molecule has 0 bridgehead atoms. The van der Waals surface area contributed by atoms with Crippen molar-refractivity contribution in [1.29, 1.82) is 0 Å². The van der Waals surface area contributed by atoms with Crippen LogP contribution in [0, 0.1) is 6.92 Å². The number of hydrogen-bond acceptors (Lipinski definition) is 2. The minimum atomic E-state index is 0.769. The Balaban J connectivity index is 2.03. The summed E-state index contributed by atoms with van der Waals surface area (Å²) in [4.78, 5) is 3.54. The lowest BCUT2D eigenvalue weighted by atomic mass is 10.0. The van der Waals surface area contributed by atoms with E-state index in [1.165, 1.54) is 10.9 Å². The van der Waals surface area contributed by atoms with Crippen molar-refractivity contribution in [3.63, 3.8) is 0 Å². The van der Waals surface area contributed by atoms with Crippen molar-refractivity contribution in [2.24, 2.45) is 0 Å². The third-order valence-corrected chi connectivity index (χ3v) is 4.29. The van der Waals surface area contributed by atoms with Crippen LogP contribution in [0.4, 0.5) is 5.69 Å². The minimum Gasteiger partial charge on any atom is -0.497 e. The van der Waals surface area contributed by atoms with Crippen LogP contribution in [0.2, 0.25) is 0 Å². The van der Waals surface area contributed by atoms with E-state index in [0.29, 0.717) is 0 Å². The van der Waals surface area contributed by atoms with Gasteiger partial charge in [0.25, 0.3) is 0 Å². The second-order valence-electron chi connectivity index (χ2n) is 5.89. The molecule has 0 aliphatic rings.